The van der Waals surface area contributed by atoms with Gasteiger partial charge in [-0.1, -0.05) is 35.9 Å². The Bertz CT molecular complexity index is 913. The lowest BCUT2D eigenvalue weighted by Gasteiger charge is -2.47. The molecule has 0 radical (unpaired) electrons. The Labute approximate surface area is 172 Å². The van der Waals surface area contributed by atoms with E-state index in [4.69, 9.17) is 9.47 Å². The molecule has 2 atom stereocenters. The van der Waals surface area contributed by atoms with Gasteiger partial charge in [0.05, 0.1) is 0 Å². The molecule has 0 aliphatic carbocycles. The number of likely N-dealkylation sites (tertiary alicyclic amines) is 2. The monoisotopic (exact) mass is 392 g/mol. The Morgan fingerprint density at radius 2 is 1.86 bits per heavy atom. The highest BCUT2D eigenvalue weighted by Gasteiger charge is 2.39. The Hall–Kier alpha value is -2.53. The minimum atomic E-state index is 0.281. The van der Waals surface area contributed by atoms with Gasteiger partial charge in [-0.3, -0.25) is 9.69 Å². The lowest BCUT2D eigenvalue weighted by molar-refractivity contribution is -0.142. The summed E-state index contributed by atoms with van der Waals surface area (Å²) in [5, 5.41) is 0. The van der Waals surface area contributed by atoms with E-state index in [1.54, 1.807) is 0 Å². The number of benzene rings is 2. The number of piperidine rings is 2. The van der Waals surface area contributed by atoms with Crippen LogP contribution in [-0.4, -0.2) is 41.6 Å². The molecule has 3 aliphatic heterocycles. The molecule has 1 amide bonds. The van der Waals surface area contributed by atoms with Crippen molar-refractivity contribution in [1.29, 1.82) is 0 Å². The zero-order valence-corrected chi connectivity index (χ0v) is 17.0. The van der Waals surface area contributed by atoms with Crippen molar-refractivity contribution in [3.8, 4) is 11.5 Å². The number of fused-ring (bicyclic) bond motifs is 2. The van der Waals surface area contributed by atoms with Crippen molar-refractivity contribution >= 4 is 5.91 Å². The van der Waals surface area contributed by atoms with Gasteiger partial charge in [0.1, 0.15) is 0 Å². The maximum atomic E-state index is 12.8. The van der Waals surface area contributed by atoms with E-state index < -0.39 is 0 Å². The first-order valence-corrected chi connectivity index (χ1v) is 10.6. The second-order valence-corrected chi connectivity index (χ2v) is 8.59. The highest BCUT2D eigenvalue weighted by molar-refractivity contribution is 5.77. The number of amides is 1. The van der Waals surface area contributed by atoms with Gasteiger partial charge in [0.25, 0.3) is 0 Å². The summed E-state index contributed by atoms with van der Waals surface area (Å²) in [5.41, 5.74) is 3.81. The molecule has 0 aromatic heterocycles. The number of nitrogens with zero attached hydrogens (tertiary/aromatic N) is 2. The van der Waals surface area contributed by atoms with E-state index in [9.17, 15) is 4.79 Å². The summed E-state index contributed by atoms with van der Waals surface area (Å²) >= 11 is 0. The quantitative estimate of drug-likeness (QED) is 0.795. The highest BCUT2D eigenvalue weighted by Crippen LogP contribution is 2.36. The molecule has 2 saturated heterocycles. The number of carbonyl (C=O) groups is 1. The molecule has 0 bridgehead atoms. The van der Waals surface area contributed by atoms with Gasteiger partial charge < -0.3 is 14.4 Å². The number of hydrogen-bond donors (Lipinski definition) is 0. The molecule has 5 rings (SSSR count). The van der Waals surface area contributed by atoms with E-state index in [2.05, 4.69) is 47.1 Å². The fourth-order valence-corrected chi connectivity index (χ4v) is 5.08. The first-order chi connectivity index (χ1) is 14.2. The van der Waals surface area contributed by atoms with Gasteiger partial charge in [0, 0.05) is 38.6 Å². The summed E-state index contributed by atoms with van der Waals surface area (Å²) in [5.74, 6) is 2.42. The molecule has 2 aromatic carbocycles. The van der Waals surface area contributed by atoms with Crippen molar-refractivity contribution in [1.82, 2.24) is 9.80 Å². The zero-order valence-electron chi connectivity index (χ0n) is 17.0. The molecule has 2 aromatic rings. The zero-order chi connectivity index (χ0) is 19.8. The molecule has 5 heteroatoms. The molecule has 5 nitrogen and oxygen atoms in total. The number of ether oxygens (including phenoxy) is 2. The Balaban J connectivity index is 1.27. The maximum Gasteiger partial charge on any atom is 0.231 e. The van der Waals surface area contributed by atoms with Gasteiger partial charge in [0.15, 0.2) is 11.5 Å². The summed E-state index contributed by atoms with van der Waals surface area (Å²) < 4.78 is 10.9. The molecular formula is C24H28N2O3. The van der Waals surface area contributed by atoms with Crippen LogP contribution in [0.1, 0.15) is 36.0 Å². The average molecular weight is 392 g/mol. The smallest absolute Gasteiger partial charge is 0.231 e. The van der Waals surface area contributed by atoms with Crippen LogP contribution in [0, 0.1) is 12.8 Å². The number of aryl methyl sites for hydroxylation is 1. The normalized spacial score (nSPS) is 23.9. The topological polar surface area (TPSA) is 42.0 Å². The summed E-state index contributed by atoms with van der Waals surface area (Å²) in [6, 6.07) is 15.2. The van der Waals surface area contributed by atoms with Crippen molar-refractivity contribution in [3.63, 3.8) is 0 Å². The molecule has 29 heavy (non-hydrogen) atoms. The van der Waals surface area contributed by atoms with Crippen LogP contribution >= 0.6 is 0 Å². The van der Waals surface area contributed by atoms with Crippen LogP contribution in [0.25, 0.3) is 0 Å². The van der Waals surface area contributed by atoms with Crippen molar-refractivity contribution in [2.75, 3.05) is 19.9 Å². The van der Waals surface area contributed by atoms with Crippen molar-refractivity contribution in [3.05, 3.63) is 59.2 Å². The average Bonchev–Trinajstić information content (AvgIpc) is 3.18. The van der Waals surface area contributed by atoms with Crippen LogP contribution in [0.3, 0.4) is 0 Å². The predicted octanol–water partition coefficient (Wildman–Crippen LogP) is 3.74. The van der Waals surface area contributed by atoms with Crippen LogP contribution < -0.4 is 9.47 Å². The van der Waals surface area contributed by atoms with Gasteiger partial charge in [-0.15, -0.1) is 0 Å². The molecular weight excluding hydrogens is 364 g/mol. The first kappa shape index (κ1) is 18.5. The van der Waals surface area contributed by atoms with Crippen LogP contribution in [-0.2, 0) is 17.9 Å². The molecule has 0 unspecified atom stereocenters. The first-order valence-electron chi connectivity index (χ1n) is 10.6. The van der Waals surface area contributed by atoms with E-state index in [0.29, 0.717) is 24.9 Å². The Morgan fingerprint density at radius 1 is 1.00 bits per heavy atom. The Kier molecular flexibility index (Phi) is 4.92. The summed E-state index contributed by atoms with van der Waals surface area (Å²) in [7, 11) is 0. The van der Waals surface area contributed by atoms with Gasteiger partial charge in [-0.2, -0.15) is 0 Å². The van der Waals surface area contributed by atoms with E-state index in [0.717, 1.165) is 49.5 Å². The highest BCUT2D eigenvalue weighted by atomic mass is 16.7. The molecule has 0 saturated carbocycles. The largest absolute Gasteiger partial charge is 0.454 e. The number of rotatable bonds is 4. The molecule has 152 valence electrons. The molecule has 0 N–H and O–H groups in total. The summed E-state index contributed by atoms with van der Waals surface area (Å²) in [6.45, 7) is 6.21. The number of carbonyl (C=O) groups excluding carboxylic acids is 1. The van der Waals surface area contributed by atoms with E-state index >= 15 is 0 Å². The van der Waals surface area contributed by atoms with Crippen LogP contribution in [0.4, 0.5) is 0 Å². The van der Waals surface area contributed by atoms with Gasteiger partial charge >= 0.3 is 0 Å². The van der Waals surface area contributed by atoms with Gasteiger partial charge in [-0.05, 0) is 48.9 Å². The fraction of sp³-hybridized carbons (Fsp3) is 0.458. The van der Waals surface area contributed by atoms with Crippen LogP contribution in [0.2, 0.25) is 0 Å². The maximum absolute atomic E-state index is 12.8. The molecule has 0 spiro atoms. The summed E-state index contributed by atoms with van der Waals surface area (Å²) in [4.78, 5) is 17.4. The fourth-order valence-electron chi connectivity index (χ4n) is 5.08. The van der Waals surface area contributed by atoms with Crippen molar-refractivity contribution in [2.45, 2.75) is 45.3 Å². The lowest BCUT2D eigenvalue weighted by Crippen LogP contribution is -2.55. The standard InChI is InChI=1S/C24H28N2O3/c1-17-3-2-4-18(11-17)13-25-10-9-21-20(15-25)6-8-24(27)26(21)14-19-5-7-22-23(12-19)29-16-28-22/h2-5,7,11-12,20-21H,6,8-10,13-16H2,1H3/t20-,21+/m1/s1. The second-order valence-electron chi connectivity index (χ2n) is 8.59. The van der Waals surface area contributed by atoms with Crippen molar-refractivity contribution < 1.29 is 14.3 Å². The van der Waals surface area contributed by atoms with E-state index in [1.807, 2.05) is 12.1 Å². The lowest BCUT2D eigenvalue weighted by atomic mass is 9.83. The van der Waals surface area contributed by atoms with Gasteiger partial charge in [0.2, 0.25) is 12.7 Å². The third kappa shape index (κ3) is 3.84. The van der Waals surface area contributed by atoms with Crippen LogP contribution in [0.15, 0.2) is 42.5 Å². The van der Waals surface area contributed by atoms with Gasteiger partial charge in [-0.25, -0.2) is 0 Å². The van der Waals surface area contributed by atoms with Crippen LogP contribution in [0.5, 0.6) is 11.5 Å². The molecule has 2 fully saturated rings. The number of hydrogen-bond acceptors (Lipinski definition) is 4. The van der Waals surface area contributed by atoms with E-state index in [1.165, 1.54) is 11.1 Å². The minimum absolute atomic E-state index is 0.281. The Morgan fingerprint density at radius 3 is 2.76 bits per heavy atom. The molecule has 3 aliphatic rings. The predicted molar refractivity (Wildman–Crippen MR) is 111 cm³/mol. The summed E-state index contributed by atoms with van der Waals surface area (Å²) in [6.07, 6.45) is 2.71. The molecule has 3 heterocycles. The second kappa shape index (κ2) is 7.71. The minimum Gasteiger partial charge on any atom is -0.454 e. The van der Waals surface area contributed by atoms with Crippen molar-refractivity contribution in [2.24, 2.45) is 5.92 Å². The third-order valence-electron chi connectivity index (χ3n) is 6.51. The third-order valence-corrected chi connectivity index (χ3v) is 6.51. The SMILES string of the molecule is Cc1cccc(CN2CC[C@H]3[C@H](CCC(=O)N3Cc3ccc4c(c3)OCO4)C2)c1. The van der Waals surface area contributed by atoms with E-state index in [-0.39, 0.29) is 12.7 Å².